The summed E-state index contributed by atoms with van der Waals surface area (Å²) in [4.78, 5) is 14.1. The van der Waals surface area contributed by atoms with Gasteiger partial charge in [0, 0.05) is 32.2 Å². The van der Waals surface area contributed by atoms with Crippen LogP contribution in [0, 0.1) is 11.8 Å². The van der Waals surface area contributed by atoms with Gasteiger partial charge in [-0.1, -0.05) is 0 Å². The van der Waals surface area contributed by atoms with E-state index in [1.54, 1.807) is 0 Å². The van der Waals surface area contributed by atoms with Crippen molar-refractivity contribution in [2.45, 2.75) is 19.8 Å². The number of hydrogen-bond acceptors (Lipinski definition) is 3. The summed E-state index contributed by atoms with van der Waals surface area (Å²) in [7, 11) is 0. The SMILES string of the molecule is CCOC[C@@H]1CCN(C(=O)[C@H]2CCNC2)C1. The lowest BCUT2D eigenvalue weighted by atomic mass is 10.1. The third-order valence-corrected chi connectivity index (χ3v) is 3.56. The highest BCUT2D eigenvalue weighted by molar-refractivity contribution is 5.79. The van der Waals surface area contributed by atoms with Crippen molar-refractivity contribution in [1.82, 2.24) is 10.2 Å². The second kappa shape index (κ2) is 5.64. The highest BCUT2D eigenvalue weighted by atomic mass is 16.5. The number of ether oxygens (including phenoxy) is 1. The Labute approximate surface area is 97.3 Å². The quantitative estimate of drug-likeness (QED) is 0.758. The van der Waals surface area contributed by atoms with Crippen molar-refractivity contribution in [1.29, 1.82) is 0 Å². The lowest BCUT2D eigenvalue weighted by molar-refractivity contribution is -0.134. The molecule has 2 aliphatic heterocycles. The minimum Gasteiger partial charge on any atom is -0.381 e. The van der Waals surface area contributed by atoms with E-state index in [2.05, 4.69) is 5.32 Å². The predicted molar refractivity (Wildman–Crippen MR) is 62.2 cm³/mol. The molecule has 0 aliphatic carbocycles. The molecule has 1 amide bonds. The van der Waals surface area contributed by atoms with Crippen LogP contribution >= 0.6 is 0 Å². The largest absolute Gasteiger partial charge is 0.381 e. The summed E-state index contributed by atoms with van der Waals surface area (Å²) >= 11 is 0. The van der Waals surface area contributed by atoms with E-state index in [0.29, 0.717) is 11.8 Å². The molecule has 0 bridgehead atoms. The van der Waals surface area contributed by atoms with E-state index in [9.17, 15) is 4.79 Å². The summed E-state index contributed by atoms with van der Waals surface area (Å²) in [5, 5.41) is 3.25. The molecule has 2 rings (SSSR count). The van der Waals surface area contributed by atoms with Crippen LogP contribution in [0.1, 0.15) is 19.8 Å². The van der Waals surface area contributed by atoms with Crippen molar-refractivity contribution in [2.24, 2.45) is 11.8 Å². The van der Waals surface area contributed by atoms with Crippen LogP contribution in [-0.2, 0) is 9.53 Å². The molecule has 4 heteroatoms. The van der Waals surface area contributed by atoms with Gasteiger partial charge in [-0.05, 0) is 26.3 Å². The van der Waals surface area contributed by atoms with Crippen molar-refractivity contribution >= 4 is 5.91 Å². The minimum absolute atomic E-state index is 0.228. The summed E-state index contributed by atoms with van der Waals surface area (Å²) < 4.78 is 5.42. The predicted octanol–water partition coefficient (Wildman–Crippen LogP) is 0.481. The molecule has 1 N–H and O–H groups in total. The molecule has 2 heterocycles. The summed E-state index contributed by atoms with van der Waals surface area (Å²) in [6.45, 7) is 7.28. The van der Waals surface area contributed by atoms with Crippen LogP contribution < -0.4 is 5.32 Å². The molecule has 2 atom stereocenters. The highest BCUT2D eigenvalue weighted by Crippen LogP contribution is 2.20. The molecule has 0 aromatic heterocycles. The Morgan fingerprint density at radius 3 is 3.06 bits per heavy atom. The number of likely N-dealkylation sites (tertiary alicyclic amines) is 1. The van der Waals surface area contributed by atoms with Gasteiger partial charge in [-0.3, -0.25) is 4.79 Å². The number of nitrogens with zero attached hydrogens (tertiary/aromatic N) is 1. The smallest absolute Gasteiger partial charge is 0.227 e. The molecule has 0 aromatic rings. The molecule has 16 heavy (non-hydrogen) atoms. The molecule has 0 aromatic carbocycles. The molecule has 92 valence electrons. The standard InChI is InChI=1S/C12H22N2O2/c1-2-16-9-10-4-6-14(8-10)12(15)11-3-5-13-7-11/h10-11,13H,2-9H2,1H3/t10-,11+/m1/s1. The van der Waals surface area contributed by atoms with E-state index in [1.807, 2.05) is 11.8 Å². The molecule has 0 unspecified atom stereocenters. The Morgan fingerprint density at radius 2 is 2.38 bits per heavy atom. The molecule has 0 spiro atoms. The first kappa shape index (κ1) is 11.9. The number of nitrogens with one attached hydrogen (secondary N) is 1. The molecule has 2 aliphatic rings. The maximum atomic E-state index is 12.1. The van der Waals surface area contributed by atoms with Gasteiger partial charge in [0.05, 0.1) is 12.5 Å². The van der Waals surface area contributed by atoms with Gasteiger partial charge in [0.15, 0.2) is 0 Å². The van der Waals surface area contributed by atoms with E-state index in [4.69, 9.17) is 4.74 Å². The molecule has 0 radical (unpaired) electrons. The van der Waals surface area contributed by atoms with Crippen molar-refractivity contribution in [3.8, 4) is 0 Å². The molecular weight excluding hydrogens is 204 g/mol. The van der Waals surface area contributed by atoms with Crippen LogP contribution in [0.2, 0.25) is 0 Å². The van der Waals surface area contributed by atoms with E-state index < -0.39 is 0 Å². The molecule has 4 nitrogen and oxygen atoms in total. The first-order chi connectivity index (χ1) is 7.81. The topological polar surface area (TPSA) is 41.6 Å². The number of hydrogen-bond donors (Lipinski definition) is 1. The second-order valence-electron chi connectivity index (χ2n) is 4.79. The fourth-order valence-electron chi connectivity index (χ4n) is 2.58. The summed E-state index contributed by atoms with van der Waals surface area (Å²) in [6.07, 6.45) is 2.11. The van der Waals surface area contributed by atoms with E-state index in [1.165, 1.54) is 0 Å². The van der Waals surface area contributed by atoms with Gasteiger partial charge in [-0.15, -0.1) is 0 Å². The Kier molecular flexibility index (Phi) is 4.18. The zero-order valence-electron chi connectivity index (χ0n) is 10.1. The Bertz CT molecular complexity index is 239. The minimum atomic E-state index is 0.228. The summed E-state index contributed by atoms with van der Waals surface area (Å²) in [5.74, 6) is 1.13. The number of carbonyl (C=O) groups is 1. The van der Waals surface area contributed by atoms with Crippen LogP contribution in [0.15, 0.2) is 0 Å². The average molecular weight is 226 g/mol. The van der Waals surface area contributed by atoms with E-state index in [-0.39, 0.29) is 5.92 Å². The third kappa shape index (κ3) is 2.74. The zero-order chi connectivity index (χ0) is 11.4. The van der Waals surface area contributed by atoms with Gasteiger partial charge < -0.3 is 15.0 Å². The summed E-state index contributed by atoms with van der Waals surface area (Å²) in [5.41, 5.74) is 0. The van der Waals surface area contributed by atoms with Gasteiger partial charge in [-0.2, -0.15) is 0 Å². The van der Waals surface area contributed by atoms with Gasteiger partial charge in [0.25, 0.3) is 0 Å². The number of amides is 1. The fraction of sp³-hybridized carbons (Fsp3) is 0.917. The number of rotatable bonds is 4. The molecule has 2 fully saturated rings. The lowest BCUT2D eigenvalue weighted by Gasteiger charge is -2.20. The maximum absolute atomic E-state index is 12.1. The zero-order valence-corrected chi connectivity index (χ0v) is 10.1. The third-order valence-electron chi connectivity index (χ3n) is 3.56. The average Bonchev–Trinajstić information content (AvgIpc) is 2.96. The first-order valence-electron chi connectivity index (χ1n) is 6.38. The molecule has 2 saturated heterocycles. The summed E-state index contributed by atoms with van der Waals surface area (Å²) in [6, 6.07) is 0. The van der Waals surface area contributed by atoms with Crippen LogP contribution in [0.5, 0.6) is 0 Å². The van der Waals surface area contributed by atoms with E-state index >= 15 is 0 Å². The first-order valence-corrected chi connectivity index (χ1v) is 6.38. The normalized spacial score (nSPS) is 29.9. The molecule has 0 saturated carbocycles. The Morgan fingerprint density at radius 1 is 1.50 bits per heavy atom. The van der Waals surface area contributed by atoms with Crippen LogP contribution in [0.3, 0.4) is 0 Å². The van der Waals surface area contributed by atoms with Crippen LogP contribution in [0.25, 0.3) is 0 Å². The fourth-order valence-corrected chi connectivity index (χ4v) is 2.58. The monoisotopic (exact) mass is 226 g/mol. The maximum Gasteiger partial charge on any atom is 0.227 e. The van der Waals surface area contributed by atoms with Crippen molar-refractivity contribution in [3.05, 3.63) is 0 Å². The highest BCUT2D eigenvalue weighted by Gasteiger charge is 2.32. The van der Waals surface area contributed by atoms with Crippen molar-refractivity contribution in [2.75, 3.05) is 39.4 Å². The Hall–Kier alpha value is -0.610. The van der Waals surface area contributed by atoms with Crippen LogP contribution in [0.4, 0.5) is 0 Å². The lowest BCUT2D eigenvalue weighted by Crippen LogP contribution is -2.35. The van der Waals surface area contributed by atoms with Gasteiger partial charge in [-0.25, -0.2) is 0 Å². The van der Waals surface area contributed by atoms with Gasteiger partial charge >= 0.3 is 0 Å². The van der Waals surface area contributed by atoms with E-state index in [0.717, 1.165) is 52.2 Å². The van der Waals surface area contributed by atoms with Crippen LogP contribution in [-0.4, -0.2) is 50.2 Å². The Balaban J connectivity index is 1.76. The van der Waals surface area contributed by atoms with Crippen molar-refractivity contribution in [3.63, 3.8) is 0 Å². The van der Waals surface area contributed by atoms with Gasteiger partial charge in [0.2, 0.25) is 5.91 Å². The van der Waals surface area contributed by atoms with Crippen molar-refractivity contribution < 1.29 is 9.53 Å². The second-order valence-corrected chi connectivity index (χ2v) is 4.79. The van der Waals surface area contributed by atoms with Gasteiger partial charge in [0.1, 0.15) is 0 Å². The molecular formula is C12H22N2O2. The number of carbonyl (C=O) groups excluding carboxylic acids is 1.